The van der Waals surface area contributed by atoms with Crippen LogP contribution in [0.3, 0.4) is 0 Å². The van der Waals surface area contributed by atoms with E-state index in [2.05, 4.69) is 10.3 Å². The van der Waals surface area contributed by atoms with Crippen LogP contribution in [0.1, 0.15) is 70.9 Å². The van der Waals surface area contributed by atoms with E-state index in [1.807, 2.05) is 13.0 Å². The van der Waals surface area contributed by atoms with Crippen LogP contribution in [0.15, 0.2) is 24.3 Å². The van der Waals surface area contributed by atoms with E-state index in [-0.39, 0.29) is 24.7 Å². The first kappa shape index (κ1) is 22.2. The lowest BCUT2D eigenvalue weighted by molar-refractivity contribution is -0.143. The zero-order chi connectivity index (χ0) is 21.6. The van der Waals surface area contributed by atoms with Gasteiger partial charge in [0.25, 0.3) is 5.91 Å². The van der Waals surface area contributed by atoms with Crippen LogP contribution in [0.5, 0.6) is 5.75 Å². The molecule has 156 valence electrons. The van der Waals surface area contributed by atoms with Crippen LogP contribution in [-0.2, 0) is 16.0 Å². The molecule has 1 heterocycles. The fourth-order valence-electron chi connectivity index (χ4n) is 3.43. The van der Waals surface area contributed by atoms with Crippen LogP contribution in [0.2, 0.25) is 0 Å². The van der Waals surface area contributed by atoms with Gasteiger partial charge in [0.05, 0.1) is 26.2 Å². The second-order valence-electron chi connectivity index (χ2n) is 6.70. The number of aryl methyl sites for hydroxylation is 1. The second kappa shape index (κ2) is 9.91. The highest BCUT2D eigenvalue weighted by molar-refractivity contribution is 6.02. The Morgan fingerprint density at radius 1 is 1.21 bits per heavy atom. The molecular weight excluding hydrogens is 372 g/mol. The van der Waals surface area contributed by atoms with Gasteiger partial charge in [0, 0.05) is 11.3 Å². The third kappa shape index (κ3) is 5.25. The van der Waals surface area contributed by atoms with Gasteiger partial charge in [0.1, 0.15) is 11.4 Å². The Bertz CT molecular complexity index is 901. The molecule has 0 saturated carbocycles. The SMILES string of the molecule is CCOC(=O)CC(NC(=O)c1[nH]c(C)c(C(C)=O)c1CC)c1cccc(OC)c1. The minimum Gasteiger partial charge on any atom is -0.497 e. The maximum Gasteiger partial charge on any atom is 0.308 e. The molecule has 2 N–H and O–H groups in total. The van der Waals surface area contributed by atoms with Crippen molar-refractivity contribution in [2.75, 3.05) is 13.7 Å². The largest absolute Gasteiger partial charge is 0.497 e. The van der Waals surface area contributed by atoms with Crippen molar-refractivity contribution in [1.29, 1.82) is 0 Å². The lowest BCUT2D eigenvalue weighted by Gasteiger charge is -2.19. The third-order valence-corrected chi connectivity index (χ3v) is 4.70. The van der Waals surface area contributed by atoms with Crippen molar-refractivity contribution in [3.63, 3.8) is 0 Å². The van der Waals surface area contributed by atoms with E-state index >= 15 is 0 Å². The molecule has 7 nitrogen and oxygen atoms in total. The van der Waals surface area contributed by atoms with Gasteiger partial charge in [-0.3, -0.25) is 14.4 Å². The first-order chi connectivity index (χ1) is 13.8. The standard InChI is InChI=1S/C22H28N2O5/c1-6-17-20(14(4)25)13(3)23-21(17)22(27)24-18(12-19(26)29-7-2)15-9-8-10-16(11-15)28-5/h8-11,18,23H,6-7,12H2,1-5H3,(H,24,27). The van der Waals surface area contributed by atoms with Crippen molar-refractivity contribution in [1.82, 2.24) is 10.3 Å². The molecule has 2 rings (SSSR count). The number of esters is 1. The predicted octanol–water partition coefficient (Wildman–Crippen LogP) is 3.52. The number of rotatable bonds is 9. The van der Waals surface area contributed by atoms with Gasteiger partial charge >= 0.3 is 5.97 Å². The van der Waals surface area contributed by atoms with Crippen LogP contribution < -0.4 is 10.1 Å². The van der Waals surface area contributed by atoms with Crippen molar-refractivity contribution in [2.45, 2.75) is 46.6 Å². The molecule has 1 atom stereocenters. The summed E-state index contributed by atoms with van der Waals surface area (Å²) in [5, 5.41) is 2.91. The number of hydrogen-bond donors (Lipinski definition) is 2. The van der Waals surface area contributed by atoms with Gasteiger partial charge in [-0.05, 0) is 50.5 Å². The van der Waals surface area contributed by atoms with E-state index in [0.717, 1.165) is 5.56 Å². The molecule has 0 fully saturated rings. The number of ketones is 1. The minimum absolute atomic E-state index is 0.0204. The molecule has 0 aliphatic heterocycles. The van der Waals surface area contributed by atoms with Gasteiger partial charge in [0.2, 0.25) is 0 Å². The summed E-state index contributed by atoms with van der Waals surface area (Å²) < 4.78 is 10.3. The molecule has 29 heavy (non-hydrogen) atoms. The summed E-state index contributed by atoms with van der Waals surface area (Å²) in [4.78, 5) is 40.2. The van der Waals surface area contributed by atoms with Crippen LogP contribution in [0.4, 0.5) is 0 Å². The Labute approximate surface area is 170 Å². The van der Waals surface area contributed by atoms with Gasteiger partial charge in [-0.1, -0.05) is 19.1 Å². The highest BCUT2D eigenvalue weighted by Gasteiger charge is 2.25. The maximum absolute atomic E-state index is 13.1. The van der Waals surface area contributed by atoms with Crippen molar-refractivity contribution in [3.05, 3.63) is 52.3 Å². The number of amides is 1. The zero-order valence-electron chi connectivity index (χ0n) is 17.5. The van der Waals surface area contributed by atoms with E-state index in [4.69, 9.17) is 9.47 Å². The van der Waals surface area contributed by atoms with Crippen LogP contribution >= 0.6 is 0 Å². The average molecular weight is 400 g/mol. The smallest absolute Gasteiger partial charge is 0.308 e. The van der Waals surface area contributed by atoms with Gasteiger partial charge < -0.3 is 19.8 Å². The highest BCUT2D eigenvalue weighted by Crippen LogP contribution is 2.25. The van der Waals surface area contributed by atoms with E-state index in [0.29, 0.717) is 34.7 Å². The van der Waals surface area contributed by atoms with Crippen molar-refractivity contribution in [2.24, 2.45) is 0 Å². The molecule has 1 amide bonds. The summed E-state index contributed by atoms with van der Waals surface area (Å²) in [6.45, 7) is 7.14. The van der Waals surface area contributed by atoms with Gasteiger partial charge in [0.15, 0.2) is 5.78 Å². The van der Waals surface area contributed by atoms with E-state index < -0.39 is 12.0 Å². The Hall–Kier alpha value is -3.09. The molecule has 1 unspecified atom stereocenters. The summed E-state index contributed by atoms with van der Waals surface area (Å²) in [6, 6.07) is 6.56. The first-order valence-corrected chi connectivity index (χ1v) is 9.65. The minimum atomic E-state index is -0.606. The molecule has 7 heteroatoms. The average Bonchev–Trinajstić information content (AvgIpc) is 3.04. The predicted molar refractivity (Wildman–Crippen MR) is 109 cm³/mol. The number of Topliss-reactive ketones (excluding diaryl/α,β-unsaturated/α-hetero) is 1. The maximum atomic E-state index is 13.1. The molecule has 0 saturated heterocycles. The number of aromatic nitrogens is 1. The number of carbonyl (C=O) groups is 3. The number of nitrogens with one attached hydrogen (secondary N) is 2. The molecule has 2 aromatic rings. The van der Waals surface area contributed by atoms with Gasteiger partial charge in [-0.25, -0.2) is 0 Å². The van der Waals surface area contributed by atoms with Gasteiger partial charge in [-0.15, -0.1) is 0 Å². The molecule has 0 spiro atoms. The van der Waals surface area contributed by atoms with E-state index in [9.17, 15) is 14.4 Å². The number of H-pyrrole nitrogens is 1. The topological polar surface area (TPSA) is 97.5 Å². The zero-order valence-corrected chi connectivity index (χ0v) is 17.5. The number of benzene rings is 1. The van der Waals surface area contributed by atoms with E-state index in [1.165, 1.54) is 6.92 Å². The van der Waals surface area contributed by atoms with Crippen molar-refractivity contribution >= 4 is 17.7 Å². The summed E-state index contributed by atoms with van der Waals surface area (Å²) >= 11 is 0. The van der Waals surface area contributed by atoms with Crippen LogP contribution in [0, 0.1) is 6.92 Å². The molecular formula is C22H28N2O5. The second-order valence-corrected chi connectivity index (χ2v) is 6.70. The van der Waals surface area contributed by atoms with Crippen molar-refractivity contribution in [3.8, 4) is 5.75 Å². The Morgan fingerprint density at radius 3 is 2.52 bits per heavy atom. The molecule has 0 bridgehead atoms. The number of ether oxygens (including phenoxy) is 2. The number of hydrogen-bond acceptors (Lipinski definition) is 5. The lowest BCUT2D eigenvalue weighted by atomic mass is 10.0. The monoisotopic (exact) mass is 400 g/mol. The number of carbonyl (C=O) groups excluding carboxylic acids is 3. The van der Waals surface area contributed by atoms with Crippen molar-refractivity contribution < 1.29 is 23.9 Å². The highest BCUT2D eigenvalue weighted by atomic mass is 16.5. The molecule has 0 aliphatic carbocycles. The summed E-state index contributed by atoms with van der Waals surface area (Å²) in [5.74, 6) is -0.266. The fourth-order valence-corrected chi connectivity index (χ4v) is 3.43. The van der Waals surface area contributed by atoms with Crippen LogP contribution in [0.25, 0.3) is 0 Å². The summed E-state index contributed by atoms with van der Waals surface area (Å²) in [7, 11) is 1.55. The number of methoxy groups -OCH3 is 1. The quantitative estimate of drug-likeness (QED) is 0.496. The third-order valence-electron chi connectivity index (χ3n) is 4.70. The molecule has 0 aliphatic rings. The summed E-state index contributed by atoms with van der Waals surface area (Å²) in [5.41, 5.74) is 2.93. The molecule has 0 radical (unpaired) electrons. The number of aromatic amines is 1. The molecule has 1 aromatic heterocycles. The molecule has 1 aromatic carbocycles. The Kier molecular flexibility index (Phi) is 7.59. The summed E-state index contributed by atoms with van der Waals surface area (Å²) in [6.07, 6.45) is 0.511. The Morgan fingerprint density at radius 2 is 1.93 bits per heavy atom. The Balaban J connectivity index is 2.37. The lowest BCUT2D eigenvalue weighted by Crippen LogP contribution is -2.31. The normalized spacial score (nSPS) is 11.6. The van der Waals surface area contributed by atoms with Gasteiger partial charge in [-0.2, -0.15) is 0 Å². The fraction of sp³-hybridized carbons (Fsp3) is 0.409. The first-order valence-electron chi connectivity index (χ1n) is 9.65. The van der Waals surface area contributed by atoms with E-state index in [1.54, 1.807) is 39.2 Å². The van der Waals surface area contributed by atoms with Crippen LogP contribution in [-0.4, -0.2) is 36.4 Å².